The first-order chi connectivity index (χ1) is 10.1. The van der Waals surface area contributed by atoms with Gasteiger partial charge in [0.2, 0.25) is 5.91 Å². The Morgan fingerprint density at radius 2 is 2.05 bits per heavy atom. The summed E-state index contributed by atoms with van der Waals surface area (Å²) in [4.78, 5) is 22.9. The summed E-state index contributed by atoms with van der Waals surface area (Å²) in [6.07, 6.45) is 0. The Balaban J connectivity index is 2.10. The number of nitrogens with two attached hydrogens (primary N) is 1. The fourth-order valence-electron chi connectivity index (χ4n) is 1.80. The van der Waals surface area contributed by atoms with Crippen molar-refractivity contribution in [3.63, 3.8) is 0 Å². The van der Waals surface area contributed by atoms with Crippen molar-refractivity contribution in [3.8, 4) is 11.3 Å². The molecule has 2 amide bonds. The summed E-state index contributed by atoms with van der Waals surface area (Å²) >= 11 is 0. The van der Waals surface area contributed by atoms with E-state index < -0.39 is 5.91 Å². The average molecular weight is 287 g/mol. The van der Waals surface area contributed by atoms with Gasteiger partial charge in [0.05, 0.1) is 6.54 Å². The Morgan fingerprint density at radius 3 is 2.76 bits per heavy atom. The van der Waals surface area contributed by atoms with Crippen LogP contribution in [0.5, 0.6) is 0 Å². The Bertz CT molecular complexity index is 649. The van der Waals surface area contributed by atoms with Crippen LogP contribution < -0.4 is 16.4 Å². The molecule has 0 spiro atoms. The third-order valence-corrected chi connectivity index (χ3v) is 2.97. The largest absolute Gasteiger partial charge is 0.451 e. The lowest BCUT2D eigenvalue weighted by Crippen LogP contribution is -2.34. The maximum Gasteiger partial charge on any atom is 0.287 e. The number of carbonyl (C=O) groups is 2. The smallest absolute Gasteiger partial charge is 0.287 e. The Hall–Kier alpha value is -2.60. The van der Waals surface area contributed by atoms with Gasteiger partial charge in [-0.25, -0.2) is 0 Å². The van der Waals surface area contributed by atoms with E-state index >= 15 is 0 Å². The molecule has 0 radical (unpaired) electrons. The number of rotatable bonds is 5. The first-order valence-corrected chi connectivity index (χ1v) is 6.52. The van der Waals surface area contributed by atoms with E-state index in [9.17, 15) is 9.59 Å². The number of hydrogen-bond donors (Lipinski definition) is 3. The SMILES string of the molecule is CNC(=O)CNC(=O)c1ccc(-c2cccc(CN)c2)o1. The fraction of sp³-hybridized carbons (Fsp3) is 0.200. The van der Waals surface area contributed by atoms with Gasteiger partial charge in [-0.2, -0.15) is 0 Å². The molecule has 1 heterocycles. The second kappa shape index (κ2) is 6.71. The van der Waals surface area contributed by atoms with Crippen molar-refractivity contribution in [1.29, 1.82) is 0 Å². The second-order valence-corrected chi connectivity index (χ2v) is 4.42. The standard InChI is InChI=1S/C15H17N3O3/c1-17-14(19)9-18-15(20)13-6-5-12(21-13)11-4-2-3-10(7-11)8-16/h2-7H,8-9,16H2,1H3,(H,17,19)(H,18,20). The highest BCUT2D eigenvalue weighted by atomic mass is 16.3. The van der Waals surface area contributed by atoms with Crippen LogP contribution in [-0.2, 0) is 11.3 Å². The third-order valence-electron chi connectivity index (χ3n) is 2.97. The average Bonchev–Trinajstić information content (AvgIpc) is 3.02. The maximum atomic E-state index is 11.8. The molecule has 1 aromatic heterocycles. The lowest BCUT2D eigenvalue weighted by molar-refractivity contribution is -0.119. The van der Waals surface area contributed by atoms with E-state index in [-0.39, 0.29) is 18.2 Å². The molecular weight excluding hydrogens is 270 g/mol. The minimum Gasteiger partial charge on any atom is -0.451 e. The number of carbonyl (C=O) groups excluding carboxylic acids is 2. The van der Waals surface area contributed by atoms with E-state index in [2.05, 4.69) is 10.6 Å². The van der Waals surface area contributed by atoms with Crippen molar-refractivity contribution in [3.05, 3.63) is 47.7 Å². The fourth-order valence-corrected chi connectivity index (χ4v) is 1.80. The molecule has 1 aromatic carbocycles. The first-order valence-electron chi connectivity index (χ1n) is 6.52. The van der Waals surface area contributed by atoms with Crippen LogP contribution in [0.2, 0.25) is 0 Å². The molecule has 2 rings (SSSR count). The summed E-state index contributed by atoms with van der Waals surface area (Å²) < 4.78 is 5.51. The normalized spacial score (nSPS) is 10.2. The van der Waals surface area contributed by atoms with Crippen LogP contribution in [0.15, 0.2) is 40.8 Å². The molecule has 0 aliphatic carbocycles. The van der Waals surface area contributed by atoms with E-state index in [4.69, 9.17) is 10.2 Å². The van der Waals surface area contributed by atoms with Crippen LogP contribution in [0.1, 0.15) is 16.1 Å². The molecule has 6 heteroatoms. The van der Waals surface area contributed by atoms with Crippen LogP contribution in [0.4, 0.5) is 0 Å². The highest BCUT2D eigenvalue weighted by molar-refractivity contribution is 5.94. The number of furan rings is 1. The van der Waals surface area contributed by atoms with Gasteiger partial charge in [0, 0.05) is 19.2 Å². The monoisotopic (exact) mass is 287 g/mol. The van der Waals surface area contributed by atoms with Crippen molar-refractivity contribution < 1.29 is 14.0 Å². The molecule has 0 fully saturated rings. The predicted molar refractivity (Wildman–Crippen MR) is 78.4 cm³/mol. The zero-order chi connectivity index (χ0) is 15.2. The van der Waals surface area contributed by atoms with Crippen molar-refractivity contribution >= 4 is 11.8 Å². The van der Waals surface area contributed by atoms with Gasteiger partial charge in [-0.3, -0.25) is 9.59 Å². The van der Waals surface area contributed by atoms with Crippen LogP contribution in [-0.4, -0.2) is 25.4 Å². The lowest BCUT2D eigenvalue weighted by atomic mass is 10.1. The van der Waals surface area contributed by atoms with Crippen LogP contribution in [0.25, 0.3) is 11.3 Å². The van der Waals surface area contributed by atoms with Crippen molar-refractivity contribution in [2.45, 2.75) is 6.54 Å². The summed E-state index contributed by atoms with van der Waals surface area (Å²) in [5.41, 5.74) is 7.43. The Morgan fingerprint density at radius 1 is 1.24 bits per heavy atom. The van der Waals surface area contributed by atoms with Gasteiger partial charge < -0.3 is 20.8 Å². The number of nitrogens with one attached hydrogen (secondary N) is 2. The van der Waals surface area contributed by atoms with Gasteiger partial charge >= 0.3 is 0 Å². The molecular formula is C15H17N3O3. The van der Waals surface area contributed by atoms with Gasteiger partial charge in [-0.1, -0.05) is 18.2 Å². The van der Waals surface area contributed by atoms with E-state index in [1.807, 2.05) is 24.3 Å². The highest BCUT2D eigenvalue weighted by Gasteiger charge is 2.13. The highest BCUT2D eigenvalue weighted by Crippen LogP contribution is 2.23. The van der Waals surface area contributed by atoms with E-state index in [1.54, 1.807) is 12.1 Å². The number of benzene rings is 1. The lowest BCUT2D eigenvalue weighted by Gasteiger charge is -2.02. The summed E-state index contributed by atoms with van der Waals surface area (Å²) in [5.74, 6) is 0.0352. The van der Waals surface area contributed by atoms with Crippen LogP contribution >= 0.6 is 0 Å². The van der Waals surface area contributed by atoms with E-state index in [1.165, 1.54) is 7.05 Å². The van der Waals surface area contributed by atoms with Crippen molar-refractivity contribution in [2.75, 3.05) is 13.6 Å². The third kappa shape index (κ3) is 3.70. The first kappa shape index (κ1) is 14.8. The number of likely N-dealkylation sites (N-methyl/N-ethyl adjacent to an activating group) is 1. The molecule has 0 unspecified atom stereocenters. The predicted octanol–water partition coefficient (Wildman–Crippen LogP) is 0.881. The zero-order valence-electron chi connectivity index (χ0n) is 11.7. The molecule has 0 saturated heterocycles. The zero-order valence-corrected chi connectivity index (χ0v) is 11.7. The van der Waals surface area contributed by atoms with E-state index in [0.717, 1.165) is 11.1 Å². The summed E-state index contributed by atoms with van der Waals surface area (Å²) in [7, 11) is 1.50. The Kier molecular flexibility index (Phi) is 4.73. The van der Waals surface area contributed by atoms with Gasteiger partial charge in [0.15, 0.2) is 5.76 Å². The summed E-state index contributed by atoms with van der Waals surface area (Å²) in [5, 5.41) is 4.89. The van der Waals surface area contributed by atoms with Gasteiger partial charge in [-0.05, 0) is 23.8 Å². The Labute approximate surface area is 122 Å². The maximum absolute atomic E-state index is 11.8. The van der Waals surface area contributed by atoms with Crippen LogP contribution in [0, 0.1) is 0 Å². The molecule has 0 aliphatic rings. The second-order valence-electron chi connectivity index (χ2n) is 4.42. The van der Waals surface area contributed by atoms with Crippen molar-refractivity contribution in [1.82, 2.24) is 10.6 Å². The van der Waals surface area contributed by atoms with Crippen LogP contribution in [0.3, 0.4) is 0 Å². The number of hydrogen-bond acceptors (Lipinski definition) is 4. The molecule has 110 valence electrons. The molecule has 0 bridgehead atoms. The summed E-state index contributed by atoms with van der Waals surface area (Å²) in [6.45, 7) is 0.349. The summed E-state index contributed by atoms with van der Waals surface area (Å²) in [6, 6.07) is 10.9. The molecule has 0 saturated carbocycles. The molecule has 0 atom stereocenters. The quantitative estimate of drug-likeness (QED) is 0.760. The molecule has 6 nitrogen and oxygen atoms in total. The topological polar surface area (TPSA) is 97.4 Å². The van der Waals surface area contributed by atoms with Crippen molar-refractivity contribution in [2.24, 2.45) is 5.73 Å². The van der Waals surface area contributed by atoms with Gasteiger partial charge in [-0.15, -0.1) is 0 Å². The minimum absolute atomic E-state index is 0.0893. The molecule has 4 N–H and O–H groups in total. The molecule has 21 heavy (non-hydrogen) atoms. The van der Waals surface area contributed by atoms with Gasteiger partial charge in [0.1, 0.15) is 5.76 Å². The van der Waals surface area contributed by atoms with E-state index in [0.29, 0.717) is 12.3 Å². The minimum atomic E-state index is -0.431. The molecule has 0 aliphatic heterocycles. The number of amides is 2. The van der Waals surface area contributed by atoms with Gasteiger partial charge in [0.25, 0.3) is 5.91 Å². The molecule has 2 aromatic rings.